The average Bonchev–Trinajstić information content (AvgIpc) is 2.62. The third-order valence-corrected chi connectivity index (χ3v) is 4.52. The molecule has 0 amide bonds. The summed E-state index contributed by atoms with van der Waals surface area (Å²) in [5.74, 6) is 1.88. The van der Waals surface area contributed by atoms with Gasteiger partial charge in [-0.25, -0.2) is 0 Å². The number of nitrogens with two attached hydrogens (primary N) is 1. The van der Waals surface area contributed by atoms with E-state index in [9.17, 15) is 0 Å². The lowest BCUT2D eigenvalue weighted by Crippen LogP contribution is -2.47. The Morgan fingerprint density at radius 2 is 1.72 bits per heavy atom. The van der Waals surface area contributed by atoms with Crippen LogP contribution in [0.25, 0.3) is 0 Å². The summed E-state index contributed by atoms with van der Waals surface area (Å²) in [7, 11) is 3.82. The Hall–Kier alpha value is -2.41. The number of anilines is 3. The molecule has 7 heteroatoms. The van der Waals surface area contributed by atoms with Crippen molar-refractivity contribution in [3.63, 3.8) is 0 Å². The fraction of sp³-hybridized carbons (Fsp3) is 0.500. The number of nitrogens with zero attached hydrogens (tertiary/aromatic N) is 6. The van der Waals surface area contributed by atoms with E-state index in [4.69, 9.17) is 5.73 Å². The molecule has 134 valence electrons. The minimum atomic E-state index is 0.215. The van der Waals surface area contributed by atoms with Gasteiger partial charge < -0.3 is 15.5 Å². The molecule has 2 N–H and O–H groups in total. The lowest BCUT2D eigenvalue weighted by atomic mass is 10.1. The zero-order chi connectivity index (χ0) is 17.8. The van der Waals surface area contributed by atoms with Crippen LogP contribution in [0.1, 0.15) is 18.7 Å². The maximum atomic E-state index is 5.84. The van der Waals surface area contributed by atoms with Crippen LogP contribution in [-0.4, -0.2) is 66.7 Å². The van der Waals surface area contributed by atoms with Gasteiger partial charge in [0.15, 0.2) is 0 Å². The summed E-state index contributed by atoms with van der Waals surface area (Å²) in [6.07, 6.45) is 0. The van der Waals surface area contributed by atoms with Gasteiger partial charge in [-0.3, -0.25) is 4.90 Å². The summed E-state index contributed by atoms with van der Waals surface area (Å²) in [5, 5.41) is 0. The molecule has 25 heavy (non-hydrogen) atoms. The third-order valence-electron chi connectivity index (χ3n) is 4.52. The SMILES string of the molecule is CC(CN1CCN(c2ccccc2)CC1)c1nc(N)nc(N(C)C)n1. The zero-order valence-corrected chi connectivity index (χ0v) is 15.3. The molecule has 0 spiro atoms. The van der Waals surface area contributed by atoms with Gasteiger partial charge in [0.25, 0.3) is 0 Å². The second kappa shape index (κ2) is 7.65. The number of nitrogen functional groups attached to an aromatic ring is 1. The van der Waals surface area contributed by atoms with Gasteiger partial charge >= 0.3 is 0 Å². The van der Waals surface area contributed by atoms with Gasteiger partial charge in [-0.15, -0.1) is 0 Å². The Morgan fingerprint density at radius 3 is 2.36 bits per heavy atom. The van der Waals surface area contributed by atoms with Crippen LogP contribution in [0.3, 0.4) is 0 Å². The lowest BCUT2D eigenvalue weighted by molar-refractivity contribution is 0.244. The van der Waals surface area contributed by atoms with Crippen LogP contribution in [0.5, 0.6) is 0 Å². The molecule has 3 rings (SSSR count). The number of benzene rings is 1. The molecular formula is C18H27N7. The largest absolute Gasteiger partial charge is 0.369 e. The monoisotopic (exact) mass is 341 g/mol. The normalized spacial score (nSPS) is 16.7. The molecule has 1 saturated heterocycles. The molecule has 1 fully saturated rings. The van der Waals surface area contributed by atoms with E-state index < -0.39 is 0 Å². The molecule has 7 nitrogen and oxygen atoms in total. The van der Waals surface area contributed by atoms with Crippen LogP contribution in [-0.2, 0) is 0 Å². The topological polar surface area (TPSA) is 74.4 Å². The molecule has 2 heterocycles. The summed E-state index contributed by atoms with van der Waals surface area (Å²) >= 11 is 0. The number of hydrogen-bond acceptors (Lipinski definition) is 7. The number of hydrogen-bond donors (Lipinski definition) is 1. The van der Waals surface area contributed by atoms with E-state index in [-0.39, 0.29) is 11.9 Å². The van der Waals surface area contributed by atoms with Crippen LogP contribution in [0.4, 0.5) is 17.6 Å². The van der Waals surface area contributed by atoms with E-state index in [0.29, 0.717) is 5.95 Å². The Kier molecular flexibility index (Phi) is 5.33. The summed E-state index contributed by atoms with van der Waals surface area (Å²) in [6.45, 7) is 7.25. The molecule has 2 aromatic rings. The van der Waals surface area contributed by atoms with Gasteiger partial charge in [0, 0.05) is 58.4 Å². The third kappa shape index (κ3) is 4.36. The van der Waals surface area contributed by atoms with Crippen molar-refractivity contribution in [1.29, 1.82) is 0 Å². The Balaban J connectivity index is 1.58. The van der Waals surface area contributed by atoms with Gasteiger partial charge in [0.1, 0.15) is 5.82 Å². The van der Waals surface area contributed by atoms with Crippen LogP contribution in [0.15, 0.2) is 30.3 Å². The van der Waals surface area contributed by atoms with E-state index >= 15 is 0 Å². The average molecular weight is 341 g/mol. The number of piperazine rings is 1. The molecular weight excluding hydrogens is 314 g/mol. The quantitative estimate of drug-likeness (QED) is 0.882. The Labute approximate surface area is 149 Å². The van der Waals surface area contributed by atoms with E-state index in [0.717, 1.165) is 38.5 Å². The van der Waals surface area contributed by atoms with Gasteiger partial charge in [0.05, 0.1) is 0 Å². The van der Waals surface area contributed by atoms with E-state index in [2.05, 4.69) is 62.0 Å². The van der Waals surface area contributed by atoms with Crippen LogP contribution in [0, 0.1) is 0 Å². The fourth-order valence-electron chi connectivity index (χ4n) is 3.11. The first kappa shape index (κ1) is 17.4. The lowest BCUT2D eigenvalue weighted by Gasteiger charge is -2.37. The van der Waals surface area contributed by atoms with Gasteiger partial charge in [-0.2, -0.15) is 15.0 Å². The van der Waals surface area contributed by atoms with Crippen molar-refractivity contribution in [3.05, 3.63) is 36.2 Å². The number of aromatic nitrogens is 3. The Morgan fingerprint density at radius 1 is 1.04 bits per heavy atom. The van der Waals surface area contributed by atoms with E-state index in [1.807, 2.05) is 19.0 Å². The molecule has 0 aliphatic carbocycles. The highest BCUT2D eigenvalue weighted by atomic mass is 15.3. The minimum Gasteiger partial charge on any atom is -0.369 e. The smallest absolute Gasteiger partial charge is 0.229 e. The summed E-state index contributed by atoms with van der Waals surface area (Å²) < 4.78 is 0. The van der Waals surface area contributed by atoms with Crippen LogP contribution < -0.4 is 15.5 Å². The molecule has 1 aromatic carbocycles. The van der Waals surface area contributed by atoms with Crippen LogP contribution in [0.2, 0.25) is 0 Å². The highest BCUT2D eigenvalue weighted by molar-refractivity contribution is 5.46. The molecule has 0 bridgehead atoms. The van der Waals surface area contributed by atoms with Crippen molar-refractivity contribution < 1.29 is 0 Å². The summed E-state index contributed by atoms with van der Waals surface area (Å²) in [5.41, 5.74) is 7.14. The molecule has 1 aliphatic rings. The fourth-order valence-corrected chi connectivity index (χ4v) is 3.11. The van der Waals surface area contributed by atoms with Crippen molar-refractivity contribution >= 4 is 17.6 Å². The number of rotatable bonds is 5. The van der Waals surface area contributed by atoms with Crippen molar-refractivity contribution in [3.8, 4) is 0 Å². The van der Waals surface area contributed by atoms with Crippen LogP contribution >= 0.6 is 0 Å². The van der Waals surface area contributed by atoms with Gasteiger partial charge in [-0.1, -0.05) is 25.1 Å². The molecule has 0 radical (unpaired) electrons. The minimum absolute atomic E-state index is 0.215. The van der Waals surface area contributed by atoms with Gasteiger partial charge in [-0.05, 0) is 12.1 Å². The van der Waals surface area contributed by atoms with Crippen molar-refractivity contribution in [2.45, 2.75) is 12.8 Å². The standard InChI is InChI=1S/C18H27N7/c1-14(16-20-17(19)22-18(21-16)23(2)3)13-24-9-11-25(12-10-24)15-7-5-4-6-8-15/h4-8,14H,9-13H2,1-3H3,(H2,19,20,21,22). The first-order valence-electron chi connectivity index (χ1n) is 8.74. The molecule has 1 unspecified atom stereocenters. The highest BCUT2D eigenvalue weighted by Gasteiger charge is 2.21. The predicted octanol–water partition coefficient (Wildman–Crippen LogP) is 1.45. The number of para-hydroxylation sites is 1. The summed E-state index contributed by atoms with van der Waals surface area (Å²) in [4.78, 5) is 19.8. The first-order valence-corrected chi connectivity index (χ1v) is 8.74. The maximum Gasteiger partial charge on any atom is 0.229 e. The predicted molar refractivity (Wildman–Crippen MR) is 102 cm³/mol. The van der Waals surface area contributed by atoms with E-state index in [1.54, 1.807) is 0 Å². The maximum absolute atomic E-state index is 5.84. The molecule has 1 aliphatic heterocycles. The van der Waals surface area contributed by atoms with Gasteiger partial charge in [0.2, 0.25) is 11.9 Å². The summed E-state index contributed by atoms with van der Waals surface area (Å²) in [6, 6.07) is 10.6. The van der Waals surface area contributed by atoms with Crippen molar-refractivity contribution in [2.75, 3.05) is 62.4 Å². The molecule has 1 aromatic heterocycles. The van der Waals surface area contributed by atoms with E-state index in [1.165, 1.54) is 5.69 Å². The molecule has 1 atom stereocenters. The van der Waals surface area contributed by atoms with Crippen molar-refractivity contribution in [1.82, 2.24) is 19.9 Å². The second-order valence-corrected chi connectivity index (χ2v) is 6.77. The zero-order valence-electron chi connectivity index (χ0n) is 15.3. The highest BCUT2D eigenvalue weighted by Crippen LogP contribution is 2.19. The molecule has 0 saturated carbocycles. The first-order chi connectivity index (χ1) is 12.0. The van der Waals surface area contributed by atoms with Crippen molar-refractivity contribution in [2.24, 2.45) is 0 Å². The second-order valence-electron chi connectivity index (χ2n) is 6.77. The Bertz CT molecular complexity index is 681.